The van der Waals surface area contributed by atoms with Crippen LogP contribution in [0.15, 0.2) is 46.0 Å². The van der Waals surface area contributed by atoms with Gasteiger partial charge in [0.1, 0.15) is 11.5 Å². The largest absolute Gasteiger partial charge is 0.433 e. The monoisotopic (exact) mass is 386 g/mol. The quantitative estimate of drug-likeness (QED) is 0.627. The zero-order valence-corrected chi connectivity index (χ0v) is 13.0. The van der Waals surface area contributed by atoms with Gasteiger partial charge in [-0.15, -0.1) is 0 Å². The molecule has 5 nitrogen and oxygen atoms in total. The van der Waals surface area contributed by atoms with Crippen molar-refractivity contribution in [3.05, 3.63) is 57.7 Å². The number of nitrogens with zero attached hydrogens (tertiary/aromatic N) is 2. The Balaban J connectivity index is 2.07. The van der Waals surface area contributed by atoms with Gasteiger partial charge in [-0.05, 0) is 29.8 Å². The van der Waals surface area contributed by atoms with Gasteiger partial charge in [-0.1, -0.05) is 28.1 Å². The van der Waals surface area contributed by atoms with Crippen LogP contribution in [0.25, 0.3) is 0 Å². The first-order chi connectivity index (χ1) is 10.8. The minimum absolute atomic E-state index is 0.189. The molecule has 0 saturated heterocycles. The summed E-state index contributed by atoms with van der Waals surface area (Å²) in [5.74, 6) is -1.27. The van der Waals surface area contributed by atoms with Gasteiger partial charge in [0.15, 0.2) is 0 Å². The second-order valence-electron chi connectivity index (χ2n) is 4.38. The van der Waals surface area contributed by atoms with Crippen LogP contribution in [0.3, 0.4) is 0 Å². The molecule has 9 heteroatoms. The van der Waals surface area contributed by atoms with Gasteiger partial charge in [0.2, 0.25) is 0 Å². The third-order valence-corrected chi connectivity index (χ3v) is 3.24. The summed E-state index contributed by atoms with van der Waals surface area (Å²) in [5.41, 5.74) is 6.95. The average Bonchev–Trinajstić information content (AvgIpc) is 2.48. The molecule has 0 saturated carbocycles. The number of nitrogens with two attached hydrogens (primary N) is 1. The van der Waals surface area contributed by atoms with E-state index in [4.69, 9.17) is 5.73 Å². The van der Waals surface area contributed by atoms with E-state index in [0.717, 1.165) is 16.1 Å². The summed E-state index contributed by atoms with van der Waals surface area (Å²) in [6.07, 6.45) is -3.24. The third-order valence-electron chi connectivity index (χ3n) is 2.71. The number of anilines is 1. The number of carbonyl (C=O) groups excluding carboxylic acids is 1. The molecule has 0 fully saturated rings. The van der Waals surface area contributed by atoms with Crippen molar-refractivity contribution >= 4 is 33.9 Å². The predicted octanol–water partition coefficient (Wildman–Crippen LogP) is 3.21. The highest BCUT2D eigenvalue weighted by Gasteiger charge is 2.33. The minimum atomic E-state index is -4.62. The lowest BCUT2D eigenvalue weighted by molar-refractivity contribution is -0.141. The molecule has 0 aliphatic rings. The molecule has 2 rings (SSSR count). The first kappa shape index (κ1) is 16.9. The van der Waals surface area contributed by atoms with Gasteiger partial charge in [-0.2, -0.15) is 18.3 Å². The first-order valence-corrected chi connectivity index (χ1v) is 6.99. The first-order valence-electron chi connectivity index (χ1n) is 6.20. The van der Waals surface area contributed by atoms with E-state index in [9.17, 15) is 18.0 Å². The number of hydrazone groups is 1. The Morgan fingerprint density at radius 1 is 1.22 bits per heavy atom. The number of rotatable bonds is 3. The van der Waals surface area contributed by atoms with Gasteiger partial charge in [0.05, 0.1) is 11.8 Å². The molecule has 0 spiro atoms. The molecule has 1 amide bonds. The summed E-state index contributed by atoms with van der Waals surface area (Å²) < 4.78 is 38.3. The van der Waals surface area contributed by atoms with Crippen molar-refractivity contribution in [2.45, 2.75) is 6.18 Å². The van der Waals surface area contributed by atoms with E-state index in [1.54, 1.807) is 24.3 Å². The average molecular weight is 387 g/mol. The van der Waals surface area contributed by atoms with Crippen LogP contribution in [0, 0.1) is 0 Å². The predicted molar refractivity (Wildman–Crippen MR) is 82.9 cm³/mol. The normalized spacial score (nSPS) is 11.7. The van der Waals surface area contributed by atoms with Crippen molar-refractivity contribution in [1.29, 1.82) is 0 Å². The SMILES string of the molecule is Nc1nc(C(F)(F)F)ccc1C(=O)N/N=C/c1ccc(Br)cc1. The number of nitrogens with one attached hydrogen (secondary N) is 1. The van der Waals surface area contributed by atoms with Crippen LogP contribution >= 0.6 is 15.9 Å². The Labute approximate surface area is 137 Å². The molecule has 0 atom stereocenters. The maximum atomic E-state index is 12.5. The maximum Gasteiger partial charge on any atom is 0.433 e. The van der Waals surface area contributed by atoms with E-state index >= 15 is 0 Å². The maximum absolute atomic E-state index is 12.5. The van der Waals surface area contributed by atoms with E-state index in [-0.39, 0.29) is 5.56 Å². The Hall–Kier alpha value is -2.42. The van der Waals surface area contributed by atoms with Crippen molar-refractivity contribution in [3.63, 3.8) is 0 Å². The second kappa shape index (κ2) is 6.78. The van der Waals surface area contributed by atoms with Crippen molar-refractivity contribution < 1.29 is 18.0 Å². The summed E-state index contributed by atoms with van der Waals surface area (Å²) in [7, 11) is 0. The summed E-state index contributed by atoms with van der Waals surface area (Å²) in [4.78, 5) is 15.0. The van der Waals surface area contributed by atoms with E-state index < -0.39 is 23.6 Å². The number of pyridine rings is 1. The molecule has 23 heavy (non-hydrogen) atoms. The molecule has 120 valence electrons. The van der Waals surface area contributed by atoms with Gasteiger partial charge in [-0.25, -0.2) is 10.4 Å². The lowest BCUT2D eigenvalue weighted by atomic mass is 10.2. The summed E-state index contributed by atoms with van der Waals surface area (Å²) in [5, 5.41) is 3.71. The molecule has 1 aromatic carbocycles. The Morgan fingerprint density at radius 3 is 2.43 bits per heavy atom. The van der Waals surface area contributed by atoms with Gasteiger partial charge in [0.25, 0.3) is 5.91 Å². The van der Waals surface area contributed by atoms with E-state index in [1.807, 2.05) is 0 Å². The molecule has 1 aromatic heterocycles. The Bertz CT molecular complexity index is 745. The molecule has 0 aliphatic heterocycles. The second-order valence-corrected chi connectivity index (χ2v) is 5.29. The van der Waals surface area contributed by atoms with E-state index in [2.05, 4.69) is 31.4 Å². The fraction of sp³-hybridized carbons (Fsp3) is 0.0714. The lowest BCUT2D eigenvalue weighted by Crippen LogP contribution is -2.21. The van der Waals surface area contributed by atoms with Crippen LogP contribution in [0.1, 0.15) is 21.6 Å². The highest BCUT2D eigenvalue weighted by atomic mass is 79.9. The number of hydrogen-bond donors (Lipinski definition) is 2. The zero-order valence-electron chi connectivity index (χ0n) is 11.4. The molecule has 0 unspecified atom stereocenters. The summed E-state index contributed by atoms with van der Waals surface area (Å²) in [6, 6.07) is 8.74. The van der Waals surface area contributed by atoms with Gasteiger partial charge < -0.3 is 5.73 Å². The highest BCUT2D eigenvalue weighted by molar-refractivity contribution is 9.10. The van der Waals surface area contributed by atoms with Crippen molar-refractivity contribution in [1.82, 2.24) is 10.4 Å². The zero-order chi connectivity index (χ0) is 17.0. The smallest absolute Gasteiger partial charge is 0.383 e. The molecule has 0 bridgehead atoms. The fourth-order valence-corrected chi connectivity index (χ4v) is 1.86. The Kier molecular flexibility index (Phi) is 4.99. The van der Waals surface area contributed by atoms with Crippen molar-refractivity contribution in [2.24, 2.45) is 5.10 Å². The number of carbonyl (C=O) groups is 1. The molecule has 3 N–H and O–H groups in total. The minimum Gasteiger partial charge on any atom is -0.383 e. The Morgan fingerprint density at radius 2 is 1.87 bits per heavy atom. The van der Waals surface area contributed by atoms with Gasteiger partial charge in [-0.3, -0.25) is 4.79 Å². The number of aromatic nitrogens is 1. The lowest BCUT2D eigenvalue weighted by Gasteiger charge is -2.08. The number of nitrogen functional groups attached to an aromatic ring is 1. The van der Waals surface area contributed by atoms with Crippen LogP contribution in [0.4, 0.5) is 19.0 Å². The molecule has 2 aromatic rings. The number of amides is 1. The highest BCUT2D eigenvalue weighted by Crippen LogP contribution is 2.28. The van der Waals surface area contributed by atoms with E-state index in [0.29, 0.717) is 6.07 Å². The number of halogens is 4. The van der Waals surface area contributed by atoms with Crippen LogP contribution in [0.5, 0.6) is 0 Å². The van der Waals surface area contributed by atoms with Crippen LogP contribution < -0.4 is 11.2 Å². The molecular weight excluding hydrogens is 377 g/mol. The number of benzene rings is 1. The van der Waals surface area contributed by atoms with Gasteiger partial charge in [0, 0.05) is 4.47 Å². The molecule has 0 radical (unpaired) electrons. The van der Waals surface area contributed by atoms with Gasteiger partial charge >= 0.3 is 6.18 Å². The van der Waals surface area contributed by atoms with Crippen LogP contribution in [0.2, 0.25) is 0 Å². The number of alkyl halides is 3. The number of hydrogen-bond acceptors (Lipinski definition) is 4. The molecule has 0 aliphatic carbocycles. The van der Waals surface area contributed by atoms with Crippen molar-refractivity contribution in [3.8, 4) is 0 Å². The fourth-order valence-electron chi connectivity index (χ4n) is 1.60. The van der Waals surface area contributed by atoms with E-state index in [1.165, 1.54) is 6.21 Å². The van der Waals surface area contributed by atoms with Crippen LogP contribution in [-0.4, -0.2) is 17.1 Å². The molecular formula is C14H10BrF3N4O. The molecule has 1 heterocycles. The van der Waals surface area contributed by atoms with Crippen LogP contribution in [-0.2, 0) is 6.18 Å². The standard InChI is InChI=1S/C14H10BrF3N4O/c15-9-3-1-8(2-4-9)7-20-22-13(23)10-5-6-11(14(16,17)18)21-12(10)19/h1-7H,(H2,19,21)(H,22,23)/b20-7+. The van der Waals surface area contributed by atoms with Crippen molar-refractivity contribution in [2.75, 3.05) is 5.73 Å². The summed E-state index contributed by atoms with van der Waals surface area (Å²) in [6.45, 7) is 0. The summed E-state index contributed by atoms with van der Waals surface area (Å²) >= 11 is 3.28. The topological polar surface area (TPSA) is 80.4 Å². The third kappa shape index (κ3) is 4.52.